The Morgan fingerprint density at radius 1 is 1.43 bits per heavy atom. The zero-order chi connectivity index (χ0) is 11.2. The summed E-state index contributed by atoms with van der Waals surface area (Å²) in [4.78, 5) is 10.7. The molecule has 0 saturated heterocycles. The molecule has 0 saturated carbocycles. The Morgan fingerprint density at radius 3 is 2.43 bits per heavy atom. The topological polar surface area (TPSA) is 46.5 Å². The van der Waals surface area contributed by atoms with Gasteiger partial charge in [-0.05, 0) is 33.6 Å². The van der Waals surface area contributed by atoms with Gasteiger partial charge in [-0.15, -0.1) is 6.58 Å². The molecule has 3 heteroatoms. The van der Waals surface area contributed by atoms with Gasteiger partial charge in [0.05, 0.1) is 12.0 Å². The van der Waals surface area contributed by atoms with Crippen LogP contribution in [-0.2, 0) is 9.53 Å². The molecule has 0 fully saturated rings. The molecule has 0 aliphatic carbocycles. The Hall–Kier alpha value is -0.830. The first kappa shape index (κ1) is 13.2. The minimum atomic E-state index is -0.777. The average molecular weight is 200 g/mol. The highest BCUT2D eigenvalue weighted by Gasteiger charge is 2.26. The molecule has 1 N–H and O–H groups in total. The van der Waals surface area contributed by atoms with Gasteiger partial charge in [-0.1, -0.05) is 5.57 Å². The lowest BCUT2D eigenvalue weighted by atomic mass is 9.90. The number of carboxylic acids is 1. The zero-order valence-electron chi connectivity index (χ0n) is 9.30. The number of hydrogen-bond acceptors (Lipinski definition) is 2. The largest absolute Gasteiger partial charge is 0.481 e. The van der Waals surface area contributed by atoms with Crippen LogP contribution in [0.1, 0.15) is 33.6 Å². The van der Waals surface area contributed by atoms with Crippen molar-refractivity contribution in [2.45, 2.75) is 33.6 Å². The van der Waals surface area contributed by atoms with Gasteiger partial charge in [0.15, 0.2) is 0 Å². The normalized spacial score (nSPS) is 11.4. The van der Waals surface area contributed by atoms with Crippen molar-refractivity contribution >= 4 is 5.97 Å². The lowest BCUT2D eigenvalue weighted by Crippen LogP contribution is -2.25. The monoisotopic (exact) mass is 200 g/mol. The van der Waals surface area contributed by atoms with E-state index in [1.165, 1.54) is 0 Å². The quantitative estimate of drug-likeness (QED) is 0.507. The Morgan fingerprint density at radius 2 is 2.00 bits per heavy atom. The molecule has 0 rings (SSSR count). The summed E-state index contributed by atoms with van der Waals surface area (Å²) in [7, 11) is 0. The maximum atomic E-state index is 10.7. The minimum absolute atomic E-state index is 0.493. The van der Waals surface area contributed by atoms with Gasteiger partial charge in [0.2, 0.25) is 0 Å². The van der Waals surface area contributed by atoms with Crippen LogP contribution in [0.25, 0.3) is 0 Å². The number of carboxylic acid groups (broad SMARTS) is 1. The van der Waals surface area contributed by atoms with E-state index in [4.69, 9.17) is 9.84 Å². The van der Waals surface area contributed by atoms with Crippen molar-refractivity contribution < 1.29 is 14.6 Å². The fraction of sp³-hybridized carbons (Fsp3) is 0.727. The van der Waals surface area contributed by atoms with Crippen LogP contribution >= 0.6 is 0 Å². The predicted molar refractivity (Wildman–Crippen MR) is 56.3 cm³/mol. The van der Waals surface area contributed by atoms with Crippen LogP contribution in [0.2, 0.25) is 0 Å². The Balaban J connectivity index is 3.54. The van der Waals surface area contributed by atoms with Crippen LogP contribution in [-0.4, -0.2) is 24.3 Å². The molecule has 0 aromatic rings. The highest BCUT2D eigenvalue weighted by molar-refractivity contribution is 5.73. The van der Waals surface area contributed by atoms with Gasteiger partial charge < -0.3 is 9.84 Å². The van der Waals surface area contributed by atoms with Crippen molar-refractivity contribution in [3.63, 3.8) is 0 Å². The highest BCUT2D eigenvalue weighted by atomic mass is 16.5. The van der Waals surface area contributed by atoms with Crippen LogP contribution in [0.15, 0.2) is 12.2 Å². The van der Waals surface area contributed by atoms with E-state index in [-0.39, 0.29) is 0 Å². The van der Waals surface area contributed by atoms with E-state index in [1.54, 1.807) is 13.8 Å². The molecule has 0 atom stereocenters. The number of ether oxygens (including phenoxy) is 1. The summed E-state index contributed by atoms with van der Waals surface area (Å²) in [6, 6.07) is 0. The van der Waals surface area contributed by atoms with Crippen LogP contribution in [0, 0.1) is 5.41 Å². The zero-order valence-corrected chi connectivity index (χ0v) is 9.30. The van der Waals surface area contributed by atoms with Gasteiger partial charge >= 0.3 is 5.97 Å². The van der Waals surface area contributed by atoms with Gasteiger partial charge in [0.25, 0.3) is 0 Å². The molecule has 0 aromatic carbocycles. The van der Waals surface area contributed by atoms with Crippen LogP contribution < -0.4 is 0 Å². The van der Waals surface area contributed by atoms with Crippen molar-refractivity contribution in [2.24, 2.45) is 5.41 Å². The van der Waals surface area contributed by atoms with Crippen molar-refractivity contribution in [1.29, 1.82) is 0 Å². The maximum absolute atomic E-state index is 10.7. The van der Waals surface area contributed by atoms with Gasteiger partial charge in [0, 0.05) is 6.61 Å². The third-order valence-corrected chi connectivity index (χ3v) is 2.12. The van der Waals surface area contributed by atoms with Crippen LogP contribution in [0.5, 0.6) is 0 Å². The third-order valence-electron chi connectivity index (χ3n) is 2.12. The van der Waals surface area contributed by atoms with Crippen molar-refractivity contribution in [1.82, 2.24) is 0 Å². The molecule has 0 aromatic heterocycles. The molecular weight excluding hydrogens is 180 g/mol. The van der Waals surface area contributed by atoms with E-state index in [0.29, 0.717) is 19.6 Å². The van der Waals surface area contributed by atoms with Crippen molar-refractivity contribution in [2.75, 3.05) is 13.2 Å². The first-order chi connectivity index (χ1) is 6.36. The van der Waals surface area contributed by atoms with E-state index >= 15 is 0 Å². The smallest absolute Gasteiger partial charge is 0.309 e. The highest BCUT2D eigenvalue weighted by Crippen LogP contribution is 2.20. The number of rotatable bonds is 7. The Kier molecular flexibility index (Phi) is 5.46. The minimum Gasteiger partial charge on any atom is -0.481 e. The van der Waals surface area contributed by atoms with Crippen LogP contribution in [0.3, 0.4) is 0 Å². The van der Waals surface area contributed by atoms with Crippen molar-refractivity contribution in [3.05, 3.63) is 12.2 Å². The Labute approximate surface area is 85.8 Å². The van der Waals surface area contributed by atoms with Gasteiger partial charge in [0.1, 0.15) is 0 Å². The average Bonchev–Trinajstić information content (AvgIpc) is 2.02. The third kappa shape index (κ3) is 5.75. The predicted octanol–water partition coefficient (Wildman–Crippen LogP) is 2.47. The van der Waals surface area contributed by atoms with E-state index < -0.39 is 11.4 Å². The molecular formula is C11H20O3. The van der Waals surface area contributed by atoms with Gasteiger partial charge in [-0.2, -0.15) is 0 Å². The standard InChI is InChI=1S/C11H20O3/c1-9(2)5-7-14-8-6-11(3,4)10(12)13/h1,5-8H2,2-4H3,(H,12,13). The maximum Gasteiger partial charge on any atom is 0.309 e. The molecule has 0 aliphatic rings. The van der Waals surface area contributed by atoms with E-state index in [9.17, 15) is 4.79 Å². The lowest BCUT2D eigenvalue weighted by molar-refractivity contribution is -0.148. The number of hydrogen-bond donors (Lipinski definition) is 1. The van der Waals surface area contributed by atoms with Gasteiger partial charge in [-0.3, -0.25) is 4.79 Å². The molecule has 0 aliphatic heterocycles. The number of carbonyl (C=O) groups is 1. The van der Waals surface area contributed by atoms with Crippen molar-refractivity contribution in [3.8, 4) is 0 Å². The summed E-state index contributed by atoms with van der Waals surface area (Å²) < 4.78 is 5.31. The second-order valence-corrected chi connectivity index (χ2v) is 4.26. The second kappa shape index (κ2) is 5.81. The first-order valence-corrected chi connectivity index (χ1v) is 4.82. The fourth-order valence-electron chi connectivity index (χ4n) is 0.783. The van der Waals surface area contributed by atoms with E-state index in [0.717, 1.165) is 12.0 Å². The summed E-state index contributed by atoms with van der Waals surface area (Å²) in [6.45, 7) is 10.2. The molecule has 14 heavy (non-hydrogen) atoms. The summed E-state index contributed by atoms with van der Waals surface area (Å²) >= 11 is 0. The summed E-state index contributed by atoms with van der Waals surface area (Å²) in [5.74, 6) is -0.777. The molecule has 0 spiro atoms. The lowest BCUT2D eigenvalue weighted by Gasteiger charge is -2.18. The second-order valence-electron chi connectivity index (χ2n) is 4.26. The molecule has 0 radical (unpaired) electrons. The fourth-order valence-corrected chi connectivity index (χ4v) is 0.783. The summed E-state index contributed by atoms with van der Waals surface area (Å²) in [5.41, 5.74) is 0.394. The molecule has 0 unspecified atom stereocenters. The molecule has 3 nitrogen and oxygen atoms in total. The Bertz CT molecular complexity index is 207. The molecule has 82 valence electrons. The summed E-state index contributed by atoms with van der Waals surface area (Å²) in [6.07, 6.45) is 1.38. The van der Waals surface area contributed by atoms with Crippen LogP contribution in [0.4, 0.5) is 0 Å². The summed E-state index contributed by atoms with van der Waals surface area (Å²) in [5, 5.41) is 8.82. The first-order valence-electron chi connectivity index (χ1n) is 4.82. The molecule has 0 bridgehead atoms. The van der Waals surface area contributed by atoms with E-state index in [1.807, 2.05) is 6.92 Å². The SMILES string of the molecule is C=C(C)CCOCCC(C)(C)C(=O)O. The van der Waals surface area contributed by atoms with Gasteiger partial charge in [-0.25, -0.2) is 0 Å². The molecule has 0 amide bonds. The van der Waals surface area contributed by atoms with E-state index in [2.05, 4.69) is 6.58 Å². The molecule has 0 heterocycles. The number of aliphatic carboxylic acids is 1.